The molecular weight excluding hydrogens is 386 g/mol. The van der Waals surface area contributed by atoms with Gasteiger partial charge in [-0.2, -0.15) is 4.98 Å². The van der Waals surface area contributed by atoms with E-state index in [0.717, 1.165) is 15.9 Å². The molecule has 0 bridgehead atoms. The highest BCUT2D eigenvalue weighted by Crippen LogP contribution is 2.21. The molecule has 0 fully saturated rings. The summed E-state index contributed by atoms with van der Waals surface area (Å²) >= 11 is 0. The first kappa shape index (κ1) is 19.4. The van der Waals surface area contributed by atoms with Crippen LogP contribution in [-0.2, 0) is 18.3 Å². The summed E-state index contributed by atoms with van der Waals surface area (Å²) in [5, 5.41) is 0. The van der Waals surface area contributed by atoms with Gasteiger partial charge in [-0.25, -0.2) is 9.59 Å². The molecule has 1 aromatic carbocycles. The minimum absolute atomic E-state index is 0.115. The zero-order chi connectivity index (χ0) is 21.6. The van der Waals surface area contributed by atoms with Crippen LogP contribution in [0.4, 0.5) is 0 Å². The van der Waals surface area contributed by atoms with E-state index >= 15 is 0 Å². The van der Waals surface area contributed by atoms with Crippen molar-refractivity contribution in [2.24, 2.45) is 7.05 Å². The van der Waals surface area contributed by atoms with E-state index in [1.54, 1.807) is 48.8 Å². The number of ether oxygens (including phenoxy) is 1. The lowest BCUT2D eigenvalue weighted by Crippen LogP contribution is -2.39. The average molecular weight is 407 g/mol. The number of carbonyl (C=O) groups is 1. The van der Waals surface area contributed by atoms with Crippen LogP contribution in [0.1, 0.15) is 23.0 Å². The second-order valence-corrected chi connectivity index (χ2v) is 6.87. The van der Waals surface area contributed by atoms with Crippen LogP contribution in [0.15, 0.2) is 52.7 Å². The van der Waals surface area contributed by atoms with E-state index in [9.17, 15) is 14.4 Å². The normalized spacial score (nSPS) is 11.3. The molecule has 0 aliphatic heterocycles. The lowest BCUT2D eigenvalue weighted by atomic mass is 10.2. The number of aromatic nitrogens is 5. The van der Waals surface area contributed by atoms with Gasteiger partial charge < -0.3 is 4.74 Å². The molecule has 9 nitrogen and oxygen atoms in total. The highest BCUT2D eigenvalue weighted by Gasteiger charge is 2.20. The number of nitrogens with zero attached hydrogens (tertiary/aromatic N) is 5. The zero-order valence-electron chi connectivity index (χ0n) is 17.0. The number of rotatable bonds is 5. The summed E-state index contributed by atoms with van der Waals surface area (Å²) < 4.78 is 11.1. The van der Waals surface area contributed by atoms with E-state index < -0.39 is 11.2 Å². The maximum Gasteiger partial charge on any atom is 0.338 e. The van der Waals surface area contributed by atoms with Gasteiger partial charge in [-0.1, -0.05) is 6.08 Å². The average Bonchev–Trinajstić information content (AvgIpc) is 3.24. The molecule has 4 aromatic rings. The Morgan fingerprint density at radius 1 is 1.23 bits per heavy atom. The van der Waals surface area contributed by atoms with Crippen LogP contribution in [0.25, 0.3) is 22.6 Å². The van der Waals surface area contributed by atoms with Gasteiger partial charge >= 0.3 is 11.7 Å². The van der Waals surface area contributed by atoms with Gasteiger partial charge in [0.1, 0.15) is 0 Å². The number of aryl methyl sites for hydroxylation is 2. The van der Waals surface area contributed by atoms with E-state index in [4.69, 9.17) is 4.74 Å². The molecule has 0 radical (unpaired) electrons. The zero-order valence-corrected chi connectivity index (χ0v) is 17.0. The van der Waals surface area contributed by atoms with E-state index in [0.29, 0.717) is 29.1 Å². The van der Waals surface area contributed by atoms with Gasteiger partial charge in [0.15, 0.2) is 11.2 Å². The van der Waals surface area contributed by atoms with Gasteiger partial charge in [-0.05, 0) is 38.1 Å². The maximum atomic E-state index is 13.0. The number of hydrogen-bond donors (Lipinski definition) is 0. The highest BCUT2D eigenvalue weighted by atomic mass is 16.5. The Morgan fingerprint density at radius 2 is 1.93 bits per heavy atom. The predicted octanol–water partition coefficient (Wildman–Crippen LogP) is 1.81. The molecule has 0 spiro atoms. The minimum Gasteiger partial charge on any atom is -0.462 e. The summed E-state index contributed by atoms with van der Waals surface area (Å²) in [6, 6.07) is 6.93. The Kier molecular flexibility index (Phi) is 4.65. The molecule has 0 N–H and O–H groups in total. The summed E-state index contributed by atoms with van der Waals surface area (Å²) in [5.41, 5.74) is 1.81. The minimum atomic E-state index is -0.449. The molecule has 0 amide bonds. The standard InChI is InChI=1S/C21H21N5O4/c1-5-11-24-18(27)16-17(23(4)21(24)29)22-20-25(16)12-13(3)26(20)15-9-7-14(8-10-15)19(28)30-6-2/h5,7-10,12H,1,6,11H2,2-4H3. The highest BCUT2D eigenvalue weighted by molar-refractivity contribution is 5.89. The van der Waals surface area contributed by atoms with Crippen molar-refractivity contribution in [1.82, 2.24) is 23.1 Å². The van der Waals surface area contributed by atoms with Gasteiger partial charge in [0.05, 0.1) is 12.2 Å². The first-order chi connectivity index (χ1) is 14.4. The van der Waals surface area contributed by atoms with Crippen LogP contribution in [0, 0.1) is 6.92 Å². The summed E-state index contributed by atoms with van der Waals surface area (Å²) in [7, 11) is 1.58. The van der Waals surface area contributed by atoms with Crippen LogP contribution in [0.2, 0.25) is 0 Å². The second-order valence-electron chi connectivity index (χ2n) is 6.87. The fourth-order valence-electron chi connectivity index (χ4n) is 3.58. The number of esters is 1. The Hall–Kier alpha value is -3.88. The SMILES string of the molecule is C=CCn1c(=O)c2c(nc3n(-c4ccc(C(=O)OCC)cc4)c(C)cn23)n(C)c1=O. The van der Waals surface area contributed by atoms with Crippen molar-refractivity contribution in [3.63, 3.8) is 0 Å². The van der Waals surface area contributed by atoms with Crippen molar-refractivity contribution in [2.75, 3.05) is 6.61 Å². The van der Waals surface area contributed by atoms with Gasteiger partial charge in [0.25, 0.3) is 5.56 Å². The topological polar surface area (TPSA) is 92.5 Å². The first-order valence-electron chi connectivity index (χ1n) is 9.47. The van der Waals surface area contributed by atoms with Gasteiger partial charge in [0, 0.05) is 31.2 Å². The fourth-order valence-corrected chi connectivity index (χ4v) is 3.58. The van der Waals surface area contributed by atoms with Crippen LogP contribution in [0.3, 0.4) is 0 Å². The van der Waals surface area contributed by atoms with Crippen molar-refractivity contribution < 1.29 is 9.53 Å². The van der Waals surface area contributed by atoms with Crippen LogP contribution < -0.4 is 11.2 Å². The molecule has 0 saturated heterocycles. The molecular formula is C21H21N5O4. The molecule has 0 atom stereocenters. The van der Waals surface area contributed by atoms with E-state index in [-0.39, 0.29) is 12.5 Å². The van der Waals surface area contributed by atoms with Crippen molar-refractivity contribution in [1.29, 1.82) is 0 Å². The van der Waals surface area contributed by atoms with Crippen molar-refractivity contribution in [2.45, 2.75) is 20.4 Å². The van der Waals surface area contributed by atoms with Gasteiger partial charge in [-0.3, -0.25) is 22.9 Å². The molecule has 0 saturated carbocycles. The summed E-state index contributed by atoms with van der Waals surface area (Å²) in [6.45, 7) is 7.69. The molecule has 30 heavy (non-hydrogen) atoms. The number of fused-ring (bicyclic) bond motifs is 3. The quantitative estimate of drug-likeness (QED) is 0.372. The third-order valence-electron chi connectivity index (χ3n) is 4.97. The monoisotopic (exact) mass is 407 g/mol. The molecule has 4 rings (SSSR count). The molecule has 3 aromatic heterocycles. The van der Waals surface area contributed by atoms with Crippen molar-refractivity contribution >= 4 is 22.9 Å². The molecule has 0 unspecified atom stereocenters. The van der Waals surface area contributed by atoms with Crippen LogP contribution in [-0.4, -0.2) is 35.7 Å². The molecule has 154 valence electrons. The fraction of sp³-hybridized carbons (Fsp3) is 0.238. The Labute approximate surface area is 171 Å². The lowest BCUT2D eigenvalue weighted by molar-refractivity contribution is 0.0526. The number of imidazole rings is 2. The Morgan fingerprint density at radius 3 is 2.57 bits per heavy atom. The summed E-state index contributed by atoms with van der Waals surface area (Å²) in [5.74, 6) is 0.109. The molecule has 9 heteroatoms. The lowest BCUT2D eigenvalue weighted by Gasteiger charge is -2.07. The number of benzene rings is 1. The van der Waals surface area contributed by atoms with Crippen molar-refractivity contribution in [3.8, 4) is 5.69 Å². The Balaban J connectivity index is 1.96. The van der Waals surface area contributed by atoms with Gasteiger partial charge in [0.2, 0.25) is 5.78 Å². The number of carbonyl (C=O) groups excluding carboxylic acids is 1. The third kappa shape index (κ3) is 2.78. The van der Waals surface area contributed by atoms with Gasteiger partial charge in [-0.15, -0.1) is 6.58 Å². The molecule has 3 heterocycles. The Bertz CT molecular complexity index is 1420. The van der Waals surface area contributed by atoms with Crippen molar-refractivity contribution in [3.05, 3.63) is 75.2 Å². The summed E-state index contributed by atoms with van der Waals surface area (Å²) in [4.78, 5) is 42.0. The van der Waals surface area contributed by atoms with Crippen LogP contribution >= 0.6 is 0 Å². The molecule has 0 aliphatic carbocycles. The maximum absolute atomic E-state index is 13.0. The smallest absolute Gasteiger partial charge is 0.338 e. The van der Waals surface area contributed by atoms with Crippen LogP contribution in [0.5, 0.6) is 0 Å². The van der Waals surface area contributed by atoms with E-state index in [1.807, 2.05) is 11.5 Å². The third-order valence-corrected chi connectivity index (χ3v) is 4.97. The van der Waals surface area contributed by atoms with E-state index in [2.05, 4.69) is 11.6 Å². The predicted molar refractivity (Wildman–Crippen MR) is 112 cm³/mol. The molecule has 0 aliphatic rings. The largest absolute Gasteiger partial charge is 0.462 e. The van der Waals surface area contributed by atoms with E-state index in [1.165, 1.54) is 10.6 Å². The first-order valence-corrected chi connectivity index (χ1v) is 9.47. The number of allylic oxidation sites excluding steroid dienone is 1. The number of hydrogen-bond acceptors (Lipinski definition) is 5. The summed E-state index contributed by atoms with van der Waals surface area (Å²) in [6.07, 6.45) is 3.31. The second kappa shape index (κ2) is 7.18.